The van der Waals surface area contributed by atoms with Crippen molar-refractivity contribution in [2.24, 2.45) is 80.8 Å². The standard InChI is InChI=1S/C26H44O2.C25H40O3/c1-17(10-13-24(2,3)28)21-8-9-22-20-7-6-18-16-19(27)11-14-25(18,4)23(20)12-15-26(21,22)5;1-16(5-10-23(27)28-4)20-8-9-21-19-7-6-17-15-18(26)11-13-24(17,2)22(19)12-14-25(20,21)3/h6,17,19-23,27-28H,7-16H2,1-5H3;6,16,18-22,26H,5,7-15H2,1-4H3/t17-,19+,20+,21-,22+,23+,25+,26-;16-,18+,19+,20-,21+,22+,24+,25-/m11/s1. The highest BCUT2D eigenvalue weighted by Crippen LogP contribution is 2.69. The minimum absolute atomic E-state index is 0.0624. The Balaban J connectivity index is 0.000000172. The monoisotopic (exact) mass is 777 g/mol. The van der Waals surface area contributed by atoms with Crippen LogP contribution in [0.4, 0.5) is 0 Å². The third-order valence-electron chi connectivity index (χ3n) is 19.9. The Kier molecular flexibility index (Phi) is 12.3. The highest BCUT2D eigenvalue weighted by Gasteiger charge is 2.61. The lowest BCUT2D eigenvalue weighted by Gasteiger charge is -2.58. The molecular formula is C51H84O5. The summed E-state index contributed by atoms with van der Waals surface area (Å²) >= 11 is 0. The molecule has 0 radical (unpaired) electrons. The van der Waals surface area contributed by atoms with E-state index in [-0.39, 0.29) is 18.2 Å². The van der Waals surface area contributed by atoms with Gasteiger partial charge in [-0.3, -0.25) is 4.79 Å². The molecule has 0 unspecified atom stereocenters. The Labute approximate surface area is 342 Å². The number of rotatable bonds is 8. The molecule has 8 rings (SSSR count). The maximum absolute atomic E-state index is 11.6. The van der Waals surface area contributed by atoms with Gasteiger partial charge < -0.3 is 20.1 Å². The molecule has 0 spiro atoms. The summed E-state index contributed by atoms with van der Waals surface area (Å²) in [5, 5.41) is 30.6. The summed E-state index contributed by atoms with van der Waals surface area (Å²) in [5.74, 6) is 7.85. The molecule has 0 amide bonds. The molecule has 318 valence electrons. The van der Waals surface area contributed by atoms with Crippen molar-refractivity contribution in [1.29, 1.82) is 0 Å². The largest absolute Gasteiger partial charge is 0.469 e. The van der Waals surface area contributed by atoms with Crippen LogP contribution in [0.25, 0.3) is 0 Å². The number of methoxy groups -OCH3 is 1. The van der Waals surface area contributed by atoms with Crippen LogP contribution in [0.15, 0.2) is 23.3 Å². The highest BCUT2D eigenvalue weighted by molar-refractivity contribution is 5.69. The molecule has 6 fully saturated rings. The van der Waals surface area contributed by atoms with Crippen molar-refractivity contribution < 1.29 is 24.9 Å². The zero-order valence-electron chi connectivity index (χ0n) is 37.4. The van der Waals surface area contributed by atoms with Gasteiger partial charge in [0.1, 0.15) is 0 Å². The van der Waals surface area contributed by atoms with Crippen LogP contribution >= 0.6 is 0 Å². The number of allylic oxidation sites excluding steroid dienone is 2. The van der Waals surface area contributed by atoms with Crippen LogP contribution in [0, 0.1) is 80.8 Å². The van der Waals surface area contributed by atoms with Crippen LogP contribution < -0.4 is 0 Å². The highest BCUT2D eigenvalue weighted by atomic mass is 16.5. The number of carbonyl (C=O) groups excluding carboxylic acids is 1. The summed E-state index contributed by atoms with van der Waals surface area (Å²) in [6.45, 7) is 19.0. The van der Waals surface area contributed by atoms with E-state index in [1.165, 1.54) is 84.2 Å². The predicted octanol–water partition coefficient (Wildman–Crippen LogP) is 11.6. The van der Waals surface area contributed by atoms with Crippen LogP contribution in [-0.2, 0) is 9.53 Å². The Morgan fingerprint density at radius 3 is 1.57 bits per heavy atom. The first kappa shape index (κ1) is 42.9. The molecule has 5 nitrogen and oxygen atoms in total. The first-order chi connectivity index (χ1) is 26.3. The van der Waals surface area contributed by atoms with E-state index in [0.717, 1.165) is 92.3 Å². The fourth-order valence-corrected chi connectivity index (χ4v) is 16.7. The number of hydrogen-bond acceptors (Lipinski definition) is 5. The molecule has 0 bridgehead atoms. The first-order valence-electron chi connectivity index (χ1n) is 23.9. The maximum atomic E-state index is 11.6. The maximum Gasteiger partial charge on any atom is 0.305 e. The van der Waals surface area contributed by atoms with Crippen molar-refractivity contribution >= 4 is 5.97 Å². The Morgan fingerprint density at radius 2 is 1.14 bits per heavy atom. The first-order valence-corrected chi connectivity index (χ1v) is 23.9. The second-order valence-corrected chi connectivity index (χ2v) is 23.2. The van der Waals surface area contributed by atoms with Gasteiger partial charge in [-0.2, -0.15) is 0 Å². The molecule has 56 heavy (non-hydrogen) atoms. The van der Waals surface area contributed by atoms with Gasteiger partial charge in [-0.1, -0.05) is 64.8 Å². The van der Waals surface area contributed by atoms with Gasteiger partial charge in [0.25, 0.3) is 0 Å². The van der Waals surface area contributed by atoms with Gasteiger partial charge in [-0.15, -0.1) is 0 Å². The molecular weight excluding hydrogens is 693 g/mol. The van der Waals surface area contributed by atoms with Crippen molar-refractivity contribution in [2.75, 3.05) is 7.11 Å². The molecule has 16 atom stereocenters. The van der Waals surface area contributed by atoms with E-state index >= 15 is 0 Å². The van der Waals surface area contributed by atoms with Crippen molar-refractivity contribution in [2.45, 2.75) is 202 Å². The van der Waals surface area contributed by atoms with E-state index in [2.05, 4.69) is 53.7 Å². The second kappa shape index (κ2) is 16.0. The molecule has 0 aliphatic heterocycles. The zero-order chi connectivity index (χ0) is 40.4. The fraction of sp³-hybridized carbons (Fsp3) is 0.902. The molecule has 8 aliphatic carbocycles. The van der Waals surface area contributed by atoms with E-state index in [0.29, 0.717) is 39.9 Å². The summed E-state index contributed by atoms with van der Waals surface area (Å²) in [4.78, 5) is 11.6. The second-order valence-electron chi connectivity index (χ2n) is 23.2. The number of ether oxygens (including phenoxy) is 1. The van der Waals surface area contributed by atoms with E-state index in [4.69, 9.17) is 4.74 Å². The van der Waals surface area contributed by atoms with Gasteiger partial charge in [-0.25, -0.2) is 0 Å². The molecule has 0 heterocycles. The summed E-state index contributed by atoms with van der Waals surface area (Å²) in [6.07, 6.45) is 28.1. The Bertz CT molecular complexity index is 1470. The minimum atomic E-state index is -0.532. The fourth-order valence-electron chi connectivity index (χ4n) is 16.7. The summed E-state index contributed by atoms with van der Waals surface area (Å²) in [7, 11) is 1.50. The third kappa shape index (κ3) is 7.69. The number of carbonyl (C=O) groups is 1. The van der Waals surface area contributed by atoms with Gasteiger partial charge in [0.15, 0.2) is 0 Å². The van der Waals surface area contributed by atoms with Crippen LogP contribution in [0.2, 0.25) is 0 Å². The van der Waals surface area contributed by atoms with Crippen molar-refractivity contribution in [3.05, 3.63) is 23.3 Å². The topological polar surface area (TPSA) is 87.0 Å². The predicted molar refractivity (Wildman–Crippen MR) is 228 cm³/mol. The van der Waals surface area contributed by atoms with Crippen molar-refractivity contribution in [3.8, 4) is 0 Å². The van der Waals surface area contributed by atoms with Gasteiger partial charge in [0.05, 0.1) is 24.9 Å². The lowest BCUT2D eigenvalue weighted by atomic mass is 9.47. The number of aliphatic hydroxyl groups excluding tert-OH is 2. The lowest BCUT2D eigenvalue weighted by Crippen LogP contribution is -2.50. The van der Waals surface area contributed by atoms with E-state index in [1.54, 1.807) is 11.1 Å². The smallest absolute Gasteiger partial charge is 0.305 e. The zero-order valence-corrected chi connectivity index (χ0v) is 37.4. The van der Waals surface area contributed by atoms with Crippen LogP contribution in [-0.4, -0.2) is 46.2 Å². The van der Waals surface area contributed by atoms with Crippen LogP contribution in [0.5, 0.6) is 0 Å². The molecule has 0 saturated heterocycles. The summed E-state index contributed by atoms with van der Waals surface area (Å²) in [6, 6.07) is 0. The van der Waals surface area contributed by atoms with E-state index in [1.807, 2.05) is 13.8 Å². The normalized spacial score (nSPS) is 46.5. The van der Waals surface area contributed by atoms with E-state index < -0.39 is 5.60 Å². The molecule has 6 saturated carbocycles. The van der Waals surface area contributed by atoms with Gasteiger partial charge in [0.2, 0.25) is 0 Å². The number of esters is 1. The van der Waals surface area contributed by atoms with Gasteiger partial charge in [-0.05, 0) is 217 Å². The van der Waals surface area contributed by atoms with Gasteiger partial charge in [0, 0.05) is 6.42 Å². The molecule has 3 N–H and O–H groups in total. The summed E-state index contributed by atoms with van der Waals surface area (Å²) in [5.41, 5.74) is 4.24. The summed E-state index contributed by atoms with van der Waals surface area (Å²) < 4.78 is 4.87. The average molecular weight is 777 g/mol. The molecule has 5 heteroatoms. The SMILES string of the molecule is COC(=O)CC[C@@H](C)[C@H]1CC[C@H]2[C@@H]3CC=C4C[C@@H](O)CC[C@]4(C)[C@H]3CC[C@]12C.C[C@H](CCC(C)(C)O)[C@H]1CC[C@H]2[C@@H]3CC=C4C[C@@H](O)CC[C@]4(C)[C@H]3CC[C@]12C. The van der Waals surface area contributed by atoms with Crippen LogP contribution in [0.3, 0.4) is 0 Å². The van der Waals surface area contributed by atoms with Crippen molar-refractivity contribution in [1.82, 2.24) is 0 Å². The van der Waals surface area contributed by atoms with Crippen molar-refractivity contribution in [3.63, 3.8) is 0 Å². The minimum Gasteiger partial charge on any atom is -0.469 e. The van der Waals surface area contributed by atoms with E-state index in [9.17, 15) is 20.1 Å². The molecule has 0 aromatic rings. The quantitative estimate of drug-likeness (QED) is 0.169. The number of aliphatic hydroxyl groups is 3. The third-order valence-corrected chi connectivity index (χ3v) is 19.9. The number of fused-ring (bicyclic) bond motifs is 10. The van der Waals surface area contributed by atoms with Gasteiger partial charge >= 0.3 is 5.97 Å². The molecule has 0 aromatic carbocycles. The number of hydrogen-bond donors (Lipinski definition) is 3. The Hall–Kier alpha value is -1.17. The van der Waals surface area contributed by atoms with Crippen LogP contribution in [0.1, 0.15) is 184 Å². The lowest BCUT2D eigenvalue weighted by molar-refractivity contribution is -0.141. The molecule has 8 aliphatic rings. The molecule has 0 aromatic heterocycles. The average Bonchev–Trinajstić information content (AvgIpc) is 3.70. The Morgan fingerprint density at radius 1 is 0.696 bits per heavy atom.